The van der Waals surface area contributed by atoms with Crippen molar-refractivity contribution >= 4 is 32.8 Å². The summed E-state index contributed by atoms with van der Waals surface area (Å²) in [6, 6.07) is 16.7. The summed E-state index contributed by atoms with van der Waals surface area (Å²) in [5.74, 6) is -3.12. The molecule has 0 saturated carbocycles. The maximum Gasteiger partial charge on any atom is 0.490 e. The van der Waals surface area contributed by atoms with Gasteiger partial charge >= 0.3 is 18.3 Å². The van der Waals surface area contributed by atoms with Crippen LogP contribution in [0.3, 0.4) is 0 Å². The summed E-state index contributed by atoms with van der Waals surface area (Å²) in [6.45, 7) is 1.82. The van der Waals surface area contributed by atoms with E-state index in [0.717, 1.165) is 19.6 Å². The van der Waals surface area contributed by atoms with Crippen molar-refractivity contribution in [1.82, 2.24) is 19.5 Å². The molecule has 1 atom stereocenters. The average molecular weight is 709 g/mol. The molecule has 1 saturated heterocycles. The molecule has 0 aliphatic carbocycles. The van der Waals surface area contributed by atoms with Crippen molar-refractivity contribution in [2.75, 3.05) is 19.6 Å². The van der Waals surface area contributed by atoms with Crippen LogP contribution in [0.15, 0.2) is 77.7 Å². The Morgan fingerprint density at radius 1 is 0.898 bits per heavy atom. The predicted molar refractivity (Wildman–Crippen MR) is 164 cm³/mol. The molecule has 0 radical (unpaired) electrons. The molecule has 1 unspecified atom stereocenters. The average Bonchev–Trinajstić information content (AvgIpc) is 3.44. The number of amides is 1. The van der Waals surface area contributed by atoms with Crippen molar-refractivity contribution in [1.29, 1.82) is 0 Å². The summed E-state index contributed by atoms with van der Waals surface area (Å²) in [4.78, 5) is 30.1. The number of carbonyl (C=O) groups excluding carboxylic acids is 2. The molecule has 1 amide bonds. The highest BCUT2D eigenvalue weighted by atomic mass is 32.2. The number of benzene rings is 3. The lowest BCUT2D eigenvalue weighted by atomic mass is 10.0. The SMILES string of the molecule is O=C(NC1CCN(Cc2ccccc2)CC1)c1ccc2[nH]c3c(c2c1)C(OC(=O)C(F)(F)F)N(S(=O)(=O)c1ccc(C(F)(F)F)cc1)CC3. The highest BCUT2D eigenvalue weighted by molar-refractivity contribution is 7.89. The number of sulfonamides is 1. The highest BCUT2D eigenvalue weighted by Gasteiger charge is 2.47. The van der Waals surface area contributed by atoms with Gasteiger partial charge < -0.3 is 15.0 Å². The number of nitrogens with one attached hydrogen (secondary N) is 2. The number of ether oxygens (including phenoxy) is 1. The first-order chi connectivity index (χ1) is 23.1. The molecule has 16 heteroatoms. The third-order valence-corrected chi connectivity index (χ3v) is 10.5. The van der Waals surface area contributed by atoms with E-state index in [1.165, 1.54) is 23.8 Å². The molecule has 6 rings (SSSR count). The van der Waals surface area contributed by atoms with Crippen molar-refractivity contribution in [2.45, 2.75) is 55.3 Å². The van der Waals surface area contributed by atoms with Gasteiger partial charge in [0.05, 0.1) is 10.5 Å². The number of halogens is 6. The topological polar surface area (TPSA) is 112 Å². The Balaban J connectivity index is 1.27. The maximum atomic E-state index is 13.7. The van der Waals surface area contributed by atoms with E-state index < -0.39 is 57.5 Å². The fourth-order valence-corrected chi connectivity index (χ4v) is 7.68. The van der Waals surface area contributed by atoms with E-state index in [1.807, 2.05) is 30.3 Å². The number of H-pyrrole nitrogens is 1. The van der Waals surface area contributed by atoms with E-state index in [1.54, 1.807) is 0 Å². The molecule has 0 bridgehead atoms. The lowest BCUT2D eigenvalue weighted by molar-refractivity contribution is -0.210. The molecule has 2 N–H and O–H groups in total. The zero-order valence-electron chi connectivity index (χ0n) is 25.6. The van der Waals surface area contributed by atoms with Crippen LogP contribution in [0.2, 0.25) is 0 Å². The third kappa shape index (κ3) is 7.31. The van der Waals surface area contributed by atoms with Gasteiger partial charge in [0.15, 0.2) is 6.23 Å². The van der Waals surface area contributed by atoms with Crippen LogP contribution in [0, 0.1) is 0 Å². The number of hydrogen-bond donors (Lipinski definition) is 2. The van der Waals surface area contributed by atoms with Gasteiger partial charge in [-0.15, -0.1) is 0 Å². The first-order valence-corrected chi connectivity index (χ1v) is 16.7. The molecule has 0 spiro atoms. The quantitative estimate of drug-likeness (QED) is 0.182. The minimum absolute atomic E-state index is 0.0625. The van der Waals surface area contributed by atoms with E-state index in [4.69, 9.17) is 4.74 Å². The predicted octanol–water partition coefficient (Wildman–Crippen LogP) is 5.93. The Kier molecular flexibility index (Phi) is 9.23. The van der Waals surface area contributed by atoms with Crippen LogP contribution < -0.4 is 5.32 Å². The van der Waals surface area contributed by atoms with Crippen molar-refractivity contribution in [3.8, 4) is 0 Å². The van der Waals surface area contributed by atoms with Crippen LogP contribution in [-0.4, -0.2) is 66.3 Å². The number of likely N-dealkylation sites (tertiary alicyclic amines) is 1. The van der Waals surface area contributed by atoms with E-state index in [2.05, 4.69) is 15.2 Å². The van der Waals surface area contributed by atoms with E-state index in [9.17, 15) is 44.3 Å². The molecule has 49 heavy (non-hydrogen) atoms. The number of nitrogens with zero attached hydrogens (tertiary/aromatic N) is 2. The van der Waals surface area contributed by atoms with Crippen molar-refractivity contribution in [3.05, 3.63) is 101 Å². The van der Waals surface area contributed by atoms with Crippen molar-refractivity contribution in [2.24, 2.45) is 0 Å². The third-order valence-electron chi connectivity index (χ3n) is 8.68. The molecule has 2 aliphatic rings. The smallest absolute Gasteiger partial charge is 0.434 e. The zero-order valence-corrected chi connectivity index (χ0v) is 26.5. The van der Waals surface area contributed by atoms with Gasteiger partial charge in [-0.05, 0) is 60.9 Å². The van der Waals surface area contributed by atoms with Gasteiger partial charge in [0.25, 0.3) is 5.91 Å². The standard InChI is InChI=1S/C33H30F6N4O5S/c34-32(35,36)22-7-9-24(10-8-22)49(46,47)43-17-14-27-28(30(43)48-31(45)33(37,38)39)25-18-21(6-11-26(25)41-27)29(44)40-23-12-15-42(16-13-23)19-20-4-2-1-3-5-20/h1-11,18,23,30,41H,12-17,19H2,(H,40,44). The largest absolute Gasteiger partial charge is 0.490 e. The molecule has 260 valence electrons. The summed E-state index contributed by atoms with van der Waals surface area (Å²) in [6.07, 6.45) is -11.1. The number of esters is 1. The lowest BCUT2D eigenvalue weighted by Gasteiger charge is -2.34. The minimum Gasteiger partial charge on any atom is -0.434 e. The minimum atomic E-state index is -5.49. The number of alkyl halides is 6. The second-order valence-corrected chi connectivity index (χ2v) is 13.8. The van der Waals surface area contributed by atoms with Crippen LogP contribution in [0.1, 0.15) is 51.8 Å². The number of aromatic nitrogens is 1. The van der Waals surface area contributed by atoms with Crippen LogP contribution in [-0.2, 0) is 38.7 Å². The normalized spacial score (nSPS) is 18.3. The van der Waals surface area contributed by atoms with Crippen LogP contribution in [0.25, 0.3) is 10.9 Å². The summed E-state index contributed by atoms with van der Waals surface area (Å²) in [5.41, 5.74) is 0.698. The number of piperidine rings is 1. The fourth-order valence-electron chi connectivity index (χ4n) is 6.20. The number of carbonyl (C=O) groups is 2. The molecule has 3 heterocycles. The zero-order chi connectivity index (χ0) is 35.1. The molecular formula is C33H30F6N4O5S. The second kappa shape index (κ2) is 13.1. The van der Waals surface area contributed by atoms with Crippen molar-refractivity contribution < 1.29 is 49.1 Å². The van der Waals surface area contributed by atoms with Crippen LogP contribution >= 0.6 is 0 Å². The Morgan fingerprint density at radius 3 is 2.20 bits per heavy atom. The van der Waals surface area contributed by atoms with E-state index in [0.29, 0.717) is 46.9 Å². The Labute approximate surface area is 276 Å². The van der Waals surface area contributed by atoms with Gasteiger partial charge in [-0.2, -0.15) is 30.6 Å². The summed E-state index contributed by atoms with van der Waals surface area (Å²) < 4.78 is 112. The first-order valence-electron chi connectivity index (χ1n) is 15.3. The highest BCUT2D eigenvalue weighted by Crippen LogP contribution is 2.41. The van der Waals surface area contributed by atoms with Crippen molar-refractivity contribution in [3.63, 3.8) is 0 Å². The number of rotatable bonds is 7. The number of fused-ring (bicyclic) bond motifs is 3. The molecule has 4 aromatic rings. The Hall–Kier alpha value is -4.41. The van der Waals surface area contributed by atoms with Crippen LogP contribution in [0.5, 0.6) is 0 Å². The van der Waals surface area contributed by atoms with Crippen LogP contribution in [0.4, 0.5) is 26.3 Å². The molecule has 1 aromatic heterocycles. The lowest BCUT2D eigenvalue weighted by Crippen LogP contribution is -2.44. The van der Waals surface area contributed by atoms with Gasteiger partial charge in [0.1, 0.15) is 0 Å². The first kappa shape index (κ1) is 34.5. The van der Waals surface area contributed by atoms with Gasteiger partial charge in [-0.1, -0.05) is 30.3 Å². The monoisotopic (exact) mass is 708 g/mol. The summed E-state index contributed by atoms with van der Waals surface area (Å²) in [7, 11) is -4.80. The molecule has 9 nitrogen and oxygen atoms in total. The number of hydrogen-bond acceptors (Lipinski definition) is 6. The molecule has 1 fully saturated rings. The molecule has 3 aromatic carbocycles. The number of aromatic amines is 1. The van der Waals surface area contributed by atoms with Gasteiger partial charge in [0, 0.05) is 66.4 Å². The Bertz CT molecular complexity index is 1960. The van der Waals surface area contributed by atoms with Gasteiger partial charge in [-0.3, -0.25) is 9.69 Å². The second-order valence-electron chi connectivity index (χ2n) is 11.9. The fraction of sp³-hybridized carbons (Fsp3) is 0.333. The van der Waals surface area contributed by atoms with E-state index >= 15 is 0 Å². The van der Waals surface area contributed by atoms with Gasteiger partial charge in [0.2, 0.25) is 10.0 Å². The Morgan fingerprint density at radius 2 is 1.57 bits per heavy atom. The molecular weight excluding hydrogens is 678 g/mol. The maximum absolute atomic E-state index is 13.7. The summed E-state index contributed by atoms with van der Waals surface area (Å²) in [5, 5.41) is 3.14. The van der Waals surface area contributed by atoms with Gasteiger partial charge in [-0.25, -0.2) is 13.2 Å². The summed E-state index contributed by atoms with van der Waals surface area (Å²) >= 11 is 0. The van der Waals surface area contributed by atoms with E-state index in [-0.39, 0.29) is 34.7 Å². The molecule has 2 aliphatic heterocycles.